The van der Waals surface area contributed by atoms with Crippen molar-refractivity contribution in [3.8, 4) is 0 Å². The van der Waals surface area contributed by atoms with Gasteiger partial charge in [0.05, 0.1) is 6.21 Å². The van der Waals surface area contributed by atoms with E-state index >= 15 is 0 Å². The van der Waals surface area contributed by atoms with Crippen LogP contribution in [0.25, 0.3) is 0 Å². The Bertz CT molecular complexity index is 882. The molecule has 0 bridgehead atoms. The Morgan fingerprint density at radius 1 is 1.17 bits per heavy atom. The zero-order valence-electron chi connectivity index (χ0n) is 11.9. The van der Waals surface area contributed by atoms with Gasteiger partial charge in [-0.2, -0.15) is 14.9 Å². The highest BCUT2D eigenvalue weighted by atomic mass is 79.9. The second-order valence-electron chi connectivity index (χ2n) is 4.86. The Kier molecular flexibility index (Phi) is 5.05. The van der Waals surface area contributed by atoms with Crippen molar-refractivity contribution in [3.63, 3.8) is 0 Å². The second kappa shape index (κ2) is 7.21. The third kappa shape index (κ3) is 4.16. The molecule has 0 radical (unpaired) electrons. The van der Waals surface area contributed by atoms with Crippen LogP contribution in [0, 0.1) is 4.77 Å². The smallest absolute Gasteiger partial charge is 0.216 e. The molecule has 0 fully saturated rings. The first-order chi connectivity index (χ1) is 11.1. The quantitative estimate of drug-likeness (QED) is 0.497. The fourth-order valence-electron chi connectivity index (χ4n) is 2.02. The summed E-state index contributed by atoms with van der Waals surface area (Å²) in [5, 5.41) is 12.2. The van der Waals surface area contributed by atoms with Crippen LogP contribution in [0.1, 0.15) is 17.0 Å². The van der Waals surface area contributed by atoms with E-state index in [2.05, 4.69) is 31.2 Å². The Hall–Kier alpha value is -1.76. The molecule has 1 N–H and O–H groups in total. The Morgan fingerprint density at radius 2 is 1.87 bits per heavy atom. The van der Waals surface area contributed by atoms with Crippen molar-refractivity contribution in [2.75, 3.05) is 0 Å². The molecular weight excluding hydrogens is 396 g/mol. The van der Waals surface area contributed by atoms with Crippen molar-refractivity contribution in [1.82, 2.24) is 14.9 Å². The van der Waals surface area contributed by atoms with Gasteiger partial charge in [-0.15, -0.1) is 0 Å². The highest BCUT2D eigenvalue weighted by molar-refractivity contribution is 9.10. The molecule has 0 amide bonds. The molecule has 1 heterocycles. The molecule has 0 saturated heterocycles. The molecular formula is C16H12BrClN4S. The van der Waals surface area contributed by atoms with E-state index in [4.69, 9.17) is 23.8 Å². The minimum absolute atomic E-state index is 0.460. The summed E-state index contributed by atoms with van der Waals surface area (Å²) in [7, 11) is 0. The maximum absolute atomic E-state index is 5.88. The molecule has 0 aliphatic carbocycles. The molecule has 4 nitrogen and oxygen atoms in total. The van der Waals surface area contributed by atoms with Crippen molar-refractivity contribution < 1.29 is 0 Å². The van der Waals surface area contributed by atoms with E-state index in [9.17, 15) is 0 Å². The van der Waals surface area contributed by atoms with Crippen LogP contribution in [0.3, 0.4) is 0 Å². The lowest BCUT2D eigenvalue weighted by atomic mass is 10.1. The topological polar surface area (TPSA) is 46.0 Å². The summed E-state index contributed by atoms with van der Waals surface area (Å²) in [4.78, 5) is 0. The van der Waals surface area contributed by atoms with Gasteiger partial charge in [-0.25, -0.2) is 0 Å². The average molecular weight is 408 g/mol. The first-order valence-electron chi connectivity index (χ1n) is 6.82. The Balaban J connectivity index is 1.85. The molecule has 0 spiro atoms. The van der Waals surface area contributed by atoms with Crippen molar-refractivity contribution in [3.05, 3.63) is 79.7 Å². The Labute approximate surface area is 151 Å². The van der Waals surface area contributed by atoms with Crippen LogP contribution in [0.5, 0.6) is 0 Å². The summed E-state index contributed by atoms with van der Waals surface area (Å²) in [6.45, 7) is 0. The van der Waals surface area contributed by atoms with Gasteiger partial charge in [0.25, 0.3) is 0 Å². The molecule has 7 heteroatoms. The SMILES string of the molecule is S=c1[nH]nc(Cc2ccc(Br)cc2)n1/N=C\c1ccc(Cl)cc1. The summed E-state index contributed by atoms with van der Waals surface area (Å²) in [6, 6.07) is 15.5. The van der Waals surface area contributed by atoms with Gasteiger partial charge >= 0.3 is 0 Å². The summed E-state index contributed by atoms with van der Waals surface area (Å²) in [5.41, 5.74) is 2.07. The zero-order chi connectivity index (χ0) is 16.2. The van der Waals surface area contributed by atoms with Gasteiger partial charge < -0.3 is 0 Å². The van der Waals surface area contributed by atoms with E-state index in [-0.39, 0.29) is 0 Å². The number of benzene rings is 2. The average Bonchev–Trinajstić information content (AvgIpc) is 2.89. The van der Waals surface area contributed by atoms with E-state index in [0.717, 1.165) is 21.4 Å². The zero-order valence-corrected chi connectivity index (χ0v) is 15.1. The number of halogens is 2. The van der Waals surface area contributed by atoms with Crippen LogP contribution in [-0.4, -0.2) is 21.1 Å². The molecule has 3 aromatic rings. The fourth-order valence-corrected chi connectivity index (χ4v) is 2.60. The van der Waals surface area contributed by atoms with Gasteiger partial charge in [-0.1, -0.05) is 51.8 Å². The van der Waals surface area contributed by atoms with Crippen LogP contribution in [0.4, 0.5) is 0 Å². The standard InChI is InChI=1S/C16H12BrClN4S/c17-13-5-1-11(2-6-13)9-15-20-21-16(23)22(15)19-10-12-3-7-14(18)8-4-12/h1-8,10H,9H2,(H,21,23)/b19-10-. The van der Waals surface area contributed by atoms with Gasteiger partial charge in [0.2, 0.25) is 4.77 Å². The lowest BCUT2D eigenvalue weighted by Gasteiger charge is -2.02. The van der Waals surface area contributed by atoms with Crippen molar-refractivity contribution in [2.45, 2.75) is 6.42 Å². The predicted molar refractivity (Wildman–Crippen MR) is 98.8 cm³/mol. The molecule has 0 aliphatic heterocycles. The fraction of sp³-hybridized carbons (Fsp3) is 0.0625. The Morgan fingerprint density at radius 3 is 2.57 bits per heavy atom. The maximum Gasteiger partial charge on any atom is 0.216 e. The molecule has 0 atom stereocenters. The largest absolute Gasteiger partial charge is 0.250 e. The van der Waals surface area contributed by atoms with E-state index in [0.29, 0.717) is 16.2 Å². The van der Waals surface area contributed by atoms with Gasteiger partial charge in [0.15, 0.2) is 5.82 Å². The molecule has 0 aliphatic rings. The normalized spacial score (nSPS) is 11.2. The monoisotopic (exact) mass is 406 g/mol. The van der Waals surface area contributed by atoms with Crippen molar-refractivity contribution in [1.29, 1.82) is 0 Å². The van der Waals surface area contributed by atoms with Crippen LogP contribution < -0.4 is 0 Å². The third-order valence-electron chi connectivity index (χ3n) is 3.19. The van der Waals surface area contributed by atoms with Gasteiger partial charge in [-0.05, 0) is 47.6 Å². The lowest BCUT2D eigenvalue weighted by molar-refractivity contribution is 0.792. The first-order valence-corrected chi connectivity index (χ1v) is 8.40. The van der Waals surface area contributed by atoms with Gasteiger partial charge in [-0.3, -0.25) is 5.10 Å². The number of rotatable bonds is 4. The second-order valence-corrected chi connectivity index (χ2v) is 6.59. The van der Waals surface area contributed by atoms with Crippen LogP contribution in [0.2, 0.25) is 5.02 Å². The lowest BCUT2D eigenvalue weighted by Crippen LogP contribution is -2.00. The number of hydrogen-bond donors (Lipinski definition) is 1. The summed E-state index contributed by atoms with van der Waals surface area (Å²) in [5.74, 6) is 0.752. The number of nitrogens with one attached hydrogen (secondary N) is 1. The summed E-state index contributed by atoms with van der Waals surface area (Å²) in [6.07, 6.45) is 2.37. The van der Waals surface area contributed by atoms with Gasteiger partial charge in [0, 0.05) is 15.9 Å². The summed E-state index contributed by atoms with van der Waals surface area (Å²) >= 11 is 14.6. The third-order valence-corrected chi connectivity index (χ3v) is 4.23. The number of hydrogen-bond acceptors (Lipinski definition) is 3. The molecule has 3 rings (SSSR count). The molecule has 0 saturated carbocycles. The number of H-pyrrole nitrogens is 1. The van der Waals surface area contributed by atoms with E-state index < -0.39 is 0 Å². The number of nitrogens with zero attached hydrogens (tertiary/aromatic N) is 3. The predicted octanol–water partition coefficient (Wildman–Crippen LogP) is 4.83. The number of aromatic amines is 1. The van der Waals surface area contributed by atoms with E-state index in [1.54, 1.807) is 10.9 Å². The van der Waals surface area contributed by atoms with Crippen LogP contribution in [-0.2, 0) is 6.42 Å². The molecule has 2 aromatic carbocycles. The highest BCUT2D eigenvalue weighted by Gasteiger charge is 2.06. The minimum Gasteiger partial charge on any atom is -0.250 e. The van der Waals surface area contributed by atoms with E-state index in [1.807, 2.05) is 48.5 Å². The van der Waals surface area contributed by atoms with Crippen LogP contribution >= 0.6 is 39.7 Å². The molecule has 23 heavy (non-hydrogen) atoms. The summed E-state index contributed by atoms with van der Waals surface area (Å²) < 4.78 is 3.13. The van der Waals surface area contributed by atoms with Gasteiger partial charge in [0.1, 0.15) is 0 Å². The van der Waals surface area contributed by atoms with E-state index in [1.165, 1.54) is 0 Å². The molecule has 0 unspecified atom stereocenters. The maximum atomic E-state index is 5.88. The minimum atomic E-state index is 0.460. The molecule has 116 valence electrons. The molecule has 1 aromatic heterocycles. The van der Waals surface area contributed by atoms with Crippen molar-refractivity contribution >= 4 is 46.0 Å². The first kappa shape index (κ1) is 16.1. The van der Waals surface area contributed by atoms with Crippen LogP contribution in [0.15, 0.2) is 58.1 Å². The van der Waals surface area contributed by atoms with Crippen molar-refractivity contribution in [2.24, 2.45) is 5.10 Å². The highest BCUT2D eigenvalue weighted by Crippen LogP contribution is 2.14. The number of aromatic nitrogens is 3.